The van der Waals surface area contributed by atoms with Crippen molar-refractivity contribution in [3.63, 3.8) is 0 Å². The van der Waals surface area contributed by atoms with Crippen LogP contribution in [0, 0.1) is 18.8 Å². The number of hydrogen-bond donors (Lipinski definition) is 1. The molecule has 1 aliphatic heterocycles. The molecule has 2 aliphatic rings. The normalized spacial score (nSPS) is 33.1. The van der Waals surface area contributed by atoms with E-state index in [-0.39, 0.29) is 0 Å². The molecule has 1 saturated heterocycles. The van der Waals surface area contributed by atoms with Gasteiger partial charge < -0.3 is 10.6 Å². The van der Waals surface area contributed by atoms with Crippen LogP contribution >= 0.6 is 0 Å². The Morgan fingerprint density at radius 3 is 3.00 bits per heavy atom. The van der Waals surface area contributed by atoms with Crippen molar-refractivity contribution in [2.75, 3.05) is 18.0 Å². The summed E-state index contributed by atoms with van der Waals surface area (Å²) in [5.74, 6) is 2.30. The Labute approximate surface area is 95.9 Å². The number of aromatic nitrogens is 2. The van der Waals surface area contributed by atoms with E-state index in [4.69, 9.17) is 5.73 Å². The molecule has 1 aromatic rings. The molecule has 2 fully saturated rings. The maximum atomic E-state index is 6.12. The molecule has 4 heteroatoms. The van der Waals surface area contributed by atoms with Crippen LogP contribution in [0.3, 0.4) is 0 Å². The molecule has 4 nitrogen and oxygen atoms in total. The van der Waals surface area contributed by atoms with Crippen LogP contribution in [0.4, 0.5) is 5.95 Å². The molecule has 1 aliphatic carbocycles. The van der Waals surface area contributed by atoms with Crippen molar-refractivity contribution in [2.24, 2.45) is 17.6 Å². The molecule has 0 amide bonds. The van der Waals surface area contributed by atoms with Crippen LogP contribution < -0.4 is 10.6 Å². The van der Waals surface area contributed by atoms with Crippen LogP contribution in [0.1, 0.15) is 18.5 Å². The summed E-state index contributed by atoms with van der Waals surface area (Å²) in [5.41, 5.74) is 7.16. The van der Waals surface area contributed by atoms with Gasteiger partial charge in [-0.1, -0.05) is 0 Å². The van der Waals surface area contributed by atoms with Crippen LogP contribution in [-0.2, 0) is 0 Å². The average Bonchev–Trinajstić information content (AvgIpc) is 2.81. The lowest BCUT2D eigenvalue weighted by Crippen LogP contribution is -2.30. The number of fused-ring (bicyclic) bond motifs is 1. The van der Waals surface area contributed by atoms with Crippen LogP contribution in [0.5, 0.6) is 0 Å². The van der Waals surface area contributed by atoms with Crippen LogP contribution in [0.25, 0.3) is 0 Å². The van der Waals surface area contributed by atoms with E-state index < -0.39 is 0 Å². The smallest absolute Gasteiger partial charge is 0.225 e. The third-order valence-electron chi connectivity index (χ3n) is 3.98. The van der Waals surface area contributed by atoms with Crippen molar-refractivity contribution in [2.45, 2.75) is 25.8 Å². The first-order chi connectivity index (χ1) is 7.74. The van der Waals surface area contributed by atoms with Crippen molar-refractivity contribution >= 4 is 5.95 Å². The minimum Gasteiger partial charge on any atom is -0.340 e. The Morgan fingerprint density at radius 1 is 1.38 bits per heavy atom. The van der Waals surface area contributed by atoms with Gasteiger partial charge in [-0.3, -0.25) is 0 Å². The Balaban J connectivity index is 1.79. The standard InChI is InChI=1S/C12H18N4/c1-8-4-5-14-12(15-8)16-6-9-2-3-11(13)10(9)7-16/h4-5,9-11H,2-3,6-7,13H2,1H3. The highest BCUT2D eigenvalue weighted by atomic mass is 15.3. The van der Waals surface area contributed by atoms with Gasteiger partial charge in [0.25, 0.3) is 0 Å². The van der Waals surface area contributed by atoms with Gasteiger partial charge in [0.1, 0.15) is 0 Å². The highest BCUT2D eigenvalue weighted by Crippen LogP contribution is 2.38. The van der Waals surface area contributed by atoms with E-state index in [1.165, 1.54) is 12.8 Å². The molecule has 0 spiro atoms. The molecular weight excluding hydrogens is 200 g/mol. The number of nitrogens with zero attached hydrogens (tertiary/aromatic N) is 3. The highest BCUT2D eigenvalue weighted by molar-refractivity contribution is 5.33. The predicted octanol–water partition coefficient (Wildman–Crippen LogP) is 0.959. The van der Waals surface area contributed by atoms with E-state index in [1.54, 1.807) is 0 Å². The maximum absolute atomic E-state index is 6.12. The molecule has 0 radical (unpaired) electrons. The zero-order chi connectivity index (χ0) is 11.1. The number of anilines is 1. The van der Waals surface area contributed by atoms with E-state index in [0.717, 1.165) is 30.6 Å². The first-order valence-electron chi connectivity index (χ1n) is 6.04. The lowest BCUT2D eigenvalue weighted by Gasteiger charge is -2.18. The number of nitrogens with two attached hydrogens (primary N) is 1. The quantitative estimate of drug-likeness (QED) is 0.762. The summed E-state index contributed by atoms with van der Waals surface area (Å²) in [7, 11) is 0. The maximum Gasteiger partial charge on any atom is 0.225 e. The Hall–Kier alpha value is -1.16. The lowest BCUT2D eigenvalue weighted by molar-refractivity contribution is 0.453. The van der Waals surface area contributed by atoms with Gasteiger partial charge in [-0.2, -0.15) is 0 Å². The van der Waals surface area contributed by atoms with Gasteiger partial charge in [-0.05, 0) is 37.7 Å². The molecule has 3 rings (SSSR count). The van der Waals surface area contributed by atoms with Crippen LogP contribution in [-0.4, -0.2) is 29.1 Å². The van der Waals surface area contributed by atoms with Crippen molar-refractivity contribution in [3.05, 3.63) is 18.0 Å². The second kappa shape index (κ2) is 3.70. The summed E-state index contributed by atoms with van der Waals surface area (Å²) in [4.78, 5) is 11.1. The molecule has 3 unspecified atom stereocenters. The molecule has 2 N–H and O–H groups in total. The largest absolute Gasteiger partial charge is 0.340 e. The van der Waals surface area contributed by atoms with E-state index in [1.807, 2.05) is 19.2 Å². The van der Waals surface area contributed by atoms with Gasteiger partial charge in [0.15, 0.2) is 0 Å². The highest BCUT2D eigenvalue weighted by Gasteiger charge is 2.41. The molecule has 0 aromatic carbocycles. The second-order valence-electron chi connectivity index (χ2n) is 5.07. The summed E-state index contributed by atoms with van der Waals surface area (Å²) >= 11 is 0. The van der Waals surface area contributed by atoms with Gasteiger partial charge in [-0.15, -0.1) is 0 Å². The van der Waals surface area contributed by atoms with E-state index in [0.29, 0.717) is 12.0 Å². The lowest BCUT2D eigenvalue weighted by atomic mass is 9.98. The van der Waals surface area contributed by atoms with Crippen LogP contribution in [0.2, 0.25) is 0 Å². The summed E-state index contributed by atoms with van der Waals surface area (Å²) < 4.78 is 0. The van der Waals surface area contributed by atoms with E-state index in [9.17, 15) is 0 Å². The molecule has 86 valence electrons. The van der Waals surface area contributed by atoms with Crippen LogP contribution in [0.15, 0.2) is 12.3 Å². The summed E-state index contributed by atoms with van der Waals surface area (Å²) in [6.07, 6.45) is 4.30. The van der Waals surface area contributed by atoms with Crippen molar-refractivity contribution in [1.29, 1.82) is 0 Å². The molecule has 2 heterocycles. The zero-order valence-electron chi connectivity index (χ0n) is 9.63. The third kappa shape index (κ3) is 1.57. The predicted molar refractivity (Wildman–Crippen MR) is 63.2 cm³/mol. The van der Waals surface area contributed by atoms with Gasteiger partial charge >= 0.3 is 0 Å². The fraction of sp³-hybridized carbons (Fsp3) is 0.667. The Kier molecular flexibility index (Phi) is 2.32. The molecule has 0 bridgehead atoms. The number of hydrogen-bond acceptors (Lipinski definition) is 4. The molecular formula is C12H18N4. The SMILES string of the molecule is Cc1ccnc(N2CC3CCC(N)C3C2)n1. The summed E-state index contributed by atoms with van der Waals surface area (Å²) in [5, 5.41) is 0. The van der Waals surface area contributed by atoms with Crippen molar-refractivity contribution < 1.29 is 0 Å². The first-order valence-corrected chi connectivity index (χ1v) is 6.04. The third-order valence-corrected chi connectivity index (χ3v) is 3.98. The summed E-state index contributed by atoms with van der Waals surface area (Å²) in [6, 6.07) is 2.33. The van der Waals surface area contributed by atoms with Crippen molar-refractivity contribution in [3.8, 4) is 0 Å². The van der Waals surface area contributed by atoms with E-state index in [2.05, 4.69) is 14.9 Å². The second-order valence-corrected chi connectivity index (χ2v) is 5.07. The fourth-order valence-corrected chi connectivity index (χ4v) is 3.06. The minimum absolute atomic E-state index is 0.389. The van der Waals surface area contributed by atoms with Crippen molar-refractivity contribution in [1.82, 2.24) is 9.97 Å². The molecule has 1 saturated carbocycles. The van der Waals surface area contributed by atoms with Gasteiger partial charge in [0, 0.05) is 31.0 Å². The Morgan fingerprint density at radius 2 is 2.25 bits per heavy atom. The zero-order valence-corrected chi connectivity index (χ0v) is 9.63. The monoisotopic (exact) mass is 218 g/mol. The Bertz CT molecular complexity index is 392. The first kappa shape index (κ1) is 10.0. The molecule has 16 heavy (non-hydrogen) atoms. The minimum atomic E-state index is 0.389. The van der Waals surface area contributed by atoms with E-state index >= 15 is 0 Å². The number of aryl methyl sites for hydroxylation is 1. The molecule has 3 atom stereocenters. The number of rotatable bonds is 1. The van der Waals surface area contributed by atoms with Gasteiger partial charge in [0.05, 0.1) is 0 Å². The average molecular weight is 218 g/mol. The van der Waals surface area contributed by atoms with Gasteiger partial charge in [0.2, 0.25) is 5.95 Å². The van der Waals surface area contributed by atoms with Gasteiger partial charge in [-0.25, -0.2) is 9.97 Å². The summed E-state index contributed by atoms with van der Waals surface area (Å²) in [6.45, 7) is 4.13. The fourth-order valence-electron chi connectivity index (χ4n) is 3.06. The molecule has 1 aromatic heterocycles. The topological polar surface area (TPSA) is 55.0 Å².